The van der Waals surface area contributed by atoms with Gasteiger partial charge in [0, 0.05) is 37.1 Å². The van der Waals surface area contributed by atoms with Crippen LogP contribution in [-0.4, -0.2) is 11.1 Å². The first kappa shape index (κ1) is 19.1. The normalized spacial score (nSPS) is 10.8. The maximum Gasteiger partial charge on any atom is 0.303 e. The predicted molar refractivity (Wildman–Crippen MR) is 97.8 cm³/mol. The van der Waals surface area contributed by atoms with Crippen molar-refractivity contribution in [2.75, 3.05) is 0 Å². The van der Waals surface area contributed by atoms with E-state index in [1.807, 2.05) is 11.6 Å². The first-order chi connectivity index (χ1) is 12.1. The molecular weight excluding hydrogens is 312 g/mol. The fourth-order valence-electron chi connectivity index (χ4n) is 2.95. The molecule has 0 spiro atoms. The first-order valence-electron chi connectivity index (χ1n) is 9.32. The molecule has 2 rings (SSSR count). The lowest BCUT2D eigenvalue weighted by Crippen LogP contribution is -2.32. The molecule has 2 aromatic heterocycles. The summed E-state index contributed by atoms with van der Waals surface area (Å²) in [6, 6.07) is 8.63. The van der Waals surface area contributed by atoms with Gasteiger partial charge in [-0.3, -0.25) is 4.79 Å². The highest BCUT2D eigenvalue weighted by atomic mass is 16.4. The molecule has 0 fully saturated rings. The van der Waals surface area contributed by atoms with Crippen LogP contribution in [0.3, 0.4) is 0 Å². The van der Waals surface area contributed by atoms with Gasteiger partial charge in [-0.2, -0.15) is 0 Å². The van der Waals surface area contributed by atoms with Crippen molar-refractivity contribution < 1.29 is 19.0 Å². The second kappa shape index (κ2) is 10.6. The summed E-state index contributed by atoms with van der Waals surface area (Å²) < 4.78 is 4.29. The number of carboxylic acids is 1. The Morgan fingerprint density at radius 2 is 1.28 bits per heavy atom. The van der Waals surface area contributed by atoms with Crippen molar-refractivity contribution in [3.8, 4) is 11.1 Å². The zero-order chi connectivity index (χ0) is 17.9. The van der Waals surface area contributed by atoms with Gasteiger partial charge in [-0.25, -0.2) is 9.13 Å². The number of hydrogen-bond acceptors (Lipinski definition) is 1. The number of unbranched alkanes of at least 4 members (excludes halogenated alkanes) is 6. The van der Waals surface area contributed by atoms with E-state index in [0.717, 1.165) is 25.8 Å². The highest BCUT2D eigenvalue weighted by molar-refractivity contribution is 5.66. The van der Waals surface area contributed by atoms with E-state index in [1.165, 1.54) is 36.8 Å². The molecule has 134 valence electrons. The number of nitrogens with zero attached hydrogens (tertiary/aromatic N) is 2. The van der Waals surface area contributed by atoms with Gasteiger partial charge in [-0.1, -0.05) is 25.7 Å². The highest BCUT2D eigenvalue weighted by Gasteiger charge is 2.04. The highest BCUT2D eigenvalue weighted by Crippen LogP contribution is 2.15. The SMILES string of the molecule is C[n+]1ccc(-c2cc[n+](CCCCCCCCCC(=O)O)cc2)cc1. The number of aliphatic carboxylic acids is 1. The molecule has 0 aromatic carbocycles. The van der Waals surface area contributed by atoms with Crippen molar-refractivity contribution in [3.05, 3.63) is 49.1 Å². The Kier molecular flexibility index (Phi) is 8.10. The summed E-state index contributed by atoms with van der Waals surface area (Å²) >= 11 is 0. The van der Waals surface area contributed by atoms with E-state index in [2.05, 4.69) is 53.6 Å². The third-order valence-electron chi connectivity index (χ3n) is 4.51. The number of hydrogen-bond donors (Lipinski definition) is 1. The first-order valence-corrected chi connectivity index (χ1v) is 9.32. The van der Waals surface area contributed by atoms with Crippen molar-refractivity contribution >= 4 is 5.97 Å². The van der Waals surface area contributed by atoms with Crippen LogP contribution < -0.4 is 9.13 Å². The largest absolute Gasteiger partial charge is 0.481 e. The van der Waals surface area contributed by atoms with Gasteiger partial charge in [0.2, 0.25) is 0 Å². The van der Waals surface area contributed by atoms with Crippen LogP contribution in [0.1, 0.15) is 51.4 Å². The van der Waals surface area contributed by atoms with Gasteiger partial charge >= 0.3 is 5.97 Å². The average Bonchev–Trinajstić information content (AvgIpc) is 2.61. The average molecular weight is 342 g/mol. The van der Waals surface area contributed by atoms with E-state index in [1.54, 1.807) is 0 Å². The van der Waals surface area contributed by atoms with Crippen LogP contribution in [0.5, 0.6) is 0 Å². The second-order valence-electron chi connectivity index (χ2n) is 6.70. The van der Waals surface area contributed by atoms with E-state index in [0.29, 0.717) is 6.42 Å². The van der Waals surface area contributed by atoms with E-state index < -0.39 is 5.97 Å². The standard InChI is InChI=1S/C21H29N2O2/c1-22-15-10-19(11-16-22)20-12-17-23(18-13-20)14-8-6-4-2-3-5-7-9-21(24)25/h10-13,15-18H,2-9,14H2,1H3/q+1/p+1. The molecule has 0 amide bonds. The van der Waals surface area contributed by atoms with Crippen LogP contribution >= 0.6 is 0 Å². The lowest BCUT2D eigenvalue weighted by atomic mass is 10.1. The number of pyridine rings is 2. The van der Waals surface area contributed by atoms with E-state index in [9.17, 15) is 4.79 Å². The lowest BCUT2D eigenvalue weighted by molar-refractivity contribution is -0.697. The maximum atomic E-state index is 10.4. The summed E-state index contributed by atoms with van der Waals surface area (Å²) in [4.78, 5) is 10.4. The second-order valence-corrected chi connectivity index (χ2v) is 6.70. The molecule has 2 heterocycles. The summed E-state index contributed by atoms with van der Waals surface area (Å²) in [5, 5.41) is 8.58. The Labute approximate surface area is 150 Å². The van der Waals surface area contributed by atoms with E-state index >= 15 is 0 Å². The molecule has 4 nitrogen and oxygen atoms in total. The van der Waals surface area contributed by atoms with Gasteiger partial charge in [-0.05, 0) is 24.0 Å². The van der Waals surface area contributed by atoms with Crippen LogP contribution in [0.15, 0.2) is 49.1 Å². The molecule has 0 bridgehead atoms. The molecule has 2 aromatic rings. The Balaban J connectivity index is 1.60. The van der Waals surface area contributed by atoms with Crippen molar-refractivity contribution in [3.63, 3.8) is 0 Å². The lowest BCUT2D eigenvalue weighted by Gasteiger charge is -2.02. The fraction of sp³-hybridized carbons (Fsp3) is 0.476. The fourth-order valence-corrected chi connectivity index (χ4v) is 2.95. The maximum absolute atomic E-state index is 10.4. The molecule has 0 unspecified atom stereocenters. The third-order valence-corrected chi connectivity index (χ3v) is 4.51. The molecule has 0 saturated heterocycles. The van der Waals surface area contributed by atoms with Crippen LogP contribution in [0.4, 0.5) is 0 Å². The third kappa shape index (κ3) is 7.46. The molecule has 0 aliphatic heterocycles. The zero-order valence-corrected chi connectivity index (χ0v) is 15.2. The summed E-state index contributed by atoms with van der Waals surface area (Å²) in [5.74, 6) is -0.677. The quantitative estimate of drug-likeness (QED) is 0.500. The van der Waals surface area contributed by atoms with Gasteiger partial charge in [-0.15, -0.1) is 0 Å². The van der Waals surface area contributed by atoms with Crippen LogP contribution in [0.2, 0.25) is 0 Å². The van der Waals surface area contributed by atoms with Gasteiger partial charge in [0.1, 0.15) is 13.6 Å². The van der Waals surface area contributed by atoms with Crippen molar-refractivity contribution in [2.24, 2.45) is 7.05 Å². The monoisotopic (exact) mass is 342 g/mol. The van der Waals surface area contributed by atoms with Crippen LogP contribution in [0.25, 0.3) is 11.1 Å². The molecule has 0 aliphatic carbocycles. The summed E-state index contributed by atoms with van der Waals surface area (Å²) in [6.45, 7) is 1.06. The Morgan fingerprint density at radius 3 is 1.84 bits per heavy atom. The molecule has 25 heavy (non-hydrogen) atoms. The summed E-state index contributed by atoms with van der Waals surface area (Å²) in [5.41, 5.74) is 2.49. The summed E-state index contributed by atoms with van der Waals surface area (Å²) in [6.07, 6.45) is 16.7. The molecule has 0 saturated carbocycles. The Morgan fingerprint density at radius 1 is 0.800 bits per heavy atom. The minimum atomic E-state index is -0.677. The molecule has 1 N–H and O–H groups in total. The number of aryl methyl sites for hydroxylation is 2. The van der Waals surface area contributed by atoms with Gasteiger partial charge in [0.25, 0.3) is 0 Å². The zero-order valence-electron chi connectivity index (χ0n) is 15.2. The predicted octanol–water partition coefficient (Wildman–Crippen LogP) is 3.67. The van der Waals surface area contributed by atoms with Crippen LogP contribution in [0, 0.1) is 0 Å². The van der Waals surface area contributed by atoms with Gasteiger partial charge < -0.3 is 5.11 Å². The topological polar surface area (TPSA) is 45.1 Å². The van der Waals surface area contributed by atoms with Crippen LogP contribution in [-0.2, 0) is 18.4 Å². The molecular formula is C21H30N2O2+2. The smallest absolute Gasteiger partial charge is 0.303 e. The molecule has 0 atom stereocenters. The van der Waals surface area contributed by atoms with E-state index in [-0.39, 0.29) is 0 Å². The summed E-state index contributed by atoms with van der Waals surface area (Å²) in [7, 11) is 2.03. The molecule has 0 radical (unpaired) electrons. The Hall–Kier alpha value is -2.23. The number of carboxylic acid groups (broad SMARTS) is 1. The van der Waals surface area contributed by atoms with Gasteiger partial charge in [0.15, 0.2) is 24.8 Å². The van der Waals surface area contributed by atoms with Gasteiger partial charge in [0.05, 0.1) is 0 Å². The van der Waals surface area contributed by atoms with Crippen molar-refractivity contribution in [2.45, 2.75) is 57.9 Å². The van der Waals surface area contributed by atoms with Crippen molar-refractivity contribution in [1.82, 2.24) is 0 Å². The Bertz CT molecular complexity index is 636. The molecule has 0 aliphatic rings. The molecule has 4 heteroatoms. The van der Waals surface area contributed by atoms with Crippen molar-refractivity contribution in [1.29, 1.82) is 0 Å². The van der Waals surface area contributed by atoms with E-state index in [4.69, 9.17) is 5.11 Å². The number of aromatic nitrogens is 2. The number of rotatable bonds is 11. The number of carbonyl (C=O) groups is 1. The minimum absolute atomic E-state index is 0.314. The minimum Gasteiger partial charge on any atom is -0.481 e.